The van der Waals surface area contributed by atoms with Crippen LogP contribution in [0, 0.1) is 0 Å². The number of sulfonamides is 1. The third-order valence-electron chi connectivity index (χ3n) is 4.65. The smallest absolute Gasteiger partial charge is 0.232 e. The summed E-state index contributed by atoms with van der Waals surface area (Å²) in [6.07, 6.45) is 6.35. The molecule has 0 aliphatic heterocycles. The molecule has 164 valence electrons. The van der Waals surface area contributed by atoms with Gasteiger partial charge < -0.3 is 0 Å². The summed E-state index contributed by atoms with van der Waals surface area (Å²) in [6.45, 7) is 1.80. The Balaban J connectivity index is 1.86. The van der Waals surface area contributed by atoms with Crippen LogP contribution < -0.4 is 4.72 Å². The van der Waals surface area contributed by atoms with Crippen molar-refractivity contribution >= 4 is 62.0 Å². The summed E-state index contributed by atoms with van der Waals surface area (Å²) < 4.78 is 27.2. The van der Waals surface area contributed by atoms with Crippen LogP contribution in [0.2, 0.25) is 10.0 Å². The molecular weight excluding hydrogens is 495 g/mol. The zero-order valence-corrected chi connectivity index (χ0v) is 20.8. The molecule has 0 amide bonds. The molecule has 6 nitrogen and oxygen atoms in total. The van der Waals surface area contributed by atoms with Crippen LogP contribution in [0.1, 0.15) is 37.1 Å². The SMILES string of the molecule is CCCS(=O)(=O)Nc1cc(Cl)cc(-c2nc(C3CC3)sc2-c2ccnc(SC)n2)c1Cl. The second-order valence-corrected chi connectivity index (χ2v) is 11.6. The van der Waals surface area contributed by atoms with Crippen LogP contribution in [0.4, 0.5) is 5.69 Å². The van der Waals surface area contributed by atoms with Crippen LogP contribution >= 0.6 is 46.3 Å². The van der Waals surface area contributed by atoms with Gasteiger partial charge in [-0.2, -0.15) is 0 Å². The molecule has 3 aromatic rings. The van der Waals surface area contributed by atoms with Crippen molar-refractivity contribution in [3.8, 4) is 21.8 Å². The van der Waals surface area contributed by atoms with Crippen molar-refractivity contribution in [3.63, 3.8) is 0 Å². The molecule has 1 aliphatic carbocycles. The van der Waals surface area contributed by atoms with E-state index in [1.807, 2.05) is 12.3 Å². The number of thiazole rings is 1. The number of nitrogens with zero attached hydrogens (tertiary/aromatic N) is 3. The summed E-state index contributed by atoms with van der Waals surface area (Å²) in [5.74, 6) is 0.442. The first kappa shape index (κ1) is 22.8. The third kappa shape index (κ3) is 5.17. The Labute approximate surface area is 199 Å². The number of aromatic nitrogens is 3. The van der Waals surface area contributed by atoms with Gasteiger partial charge in [0.05, 0.1) is 37.7 Å². The Hall–Kier alpha value is -1.39. The van der Waals surface area contributed by atoms with Gasteiger partial charge in [0.15, 0.2) is 5.16 Å². The quantitative estimate of drug-likeness (QED) is 0.279. The van der Waals surface area contributed by atoms with Gasteiger partial charge in [-0.15, -0.1) is 11.3 Å². The summed E-state index contributed by atoms with van der Waals surface area (Å²) in [5, 5.41) is 2.32. The van der Waals surface area contributed by atoms with E-state index in [-0.39, 0.29) is 16.5 Å². The molecular formula is C20H20Cl2N4O2S3. The minimum Gasteiger partial charge on any atom is -0.282 e. The van der Waals surface area contributed by atoms with E-state index in [4.69, 9.17) is 28.2 Å². The van der Waals surface area contributed by atoms with Crippen LogP contribution in [-0.2, 0) is 10.0 Å². The molecule has 1 aromatic carbocycles. The van der Waals surface area contributed by atoms with E-state index in [0.29, 0.717) is 33.8 Å². The van der Waals surface area contributed by atoms with E-state index in [9.17, 15) is 8.42 Å². The second kappa shape index (κ2) is 9.23. The lowest BCUT2D eigenvalue weighted by Crippen LogP contribution is -2.16. The van der Waals surface area contributed by atoms with Gasteiger partial charge in [0, 0.05) is 22.7 Å². The first-order valence-electron chi connectivity index (χ1n) is 9.69. The van der Waals surface area contributed by atoms with E-state index < -0.39 is 10.0 Å². The number of nitrogens with one attached hydrogen (secondary N) is 1. The minimum atomic E-state index is -3.53. The van der Waals surface area contributed by atoms with Crippen molar-refractivity contribution in [2.45, 2.75) is 37.3 Å². The molecule has 0 atom stereocenters. The van der Waals surface area contributed by atoms with E-state index in [1.165, 1.54) is 17.8 Å². The molecule has 1 N–H and O–H groups in total. The number of thioether (sulfide) groups is 1. The van der Waals surface area contributed by atoms with Gasteiger partial charge in [0.1, 0.15) is 0 Å². The predicted molar refractivity (Wildman–Crippen MR) is 130 cm³/mol. The number of hydrogen-bond acceptors (Lipinski definition) is 7. The first-order valence-corrected chi connectivity index (χ1v) is 14.1. The second-order valence-electron chi connectivity index (χ2n) is 7.17. The maximum absolute atomic E-state index is 12.3. The molecule has 31 heavy (non-hydrogen) atoms. The lowest BCUT2D eigenvalue weighted by Gasteiger charge is -2.13. The van der Waals surface area contributed by atoms with Gasteiger partial charge in [0.25, 0.3) is 0 Å². The van der Waals surface area contributed by atoms with Crippen molar-refractivity contribution in [1.82, 2.24) is 15.0 Å². The topological polar surface area (TPSA) is 84.8 Å². The maximum atomic E-state index is 12.3. The van der Waals surface area contributed by atoms with Crippen molar-refractivity contribution in [2.24, 2.45) is 0 Å². The highest BCUT2D eigenvalue weighted by atomic mass is 35.5. The van der Waals surface area contributed by atoms with E-state index >= 15 is 0 Å². The van der Waals surface area contributed by atoms with Crippen molar-refractivity contribution < 1.29 is 8.42 Å². The third-order valence-corrected chi connectivity index (χ3v) is 8.55. The summed E-state index contributed by atoms with van der Waals surface area (Å²) in [5.41, 5.74) is 2.23. The molecule has 1 fully saturated rings. The Morgan fingerprint density at radius 1 is 1.26 bits per heavy atom. The van der Waals surface area contributed by atoms with Gasteiger partial charge in [-0.05, 0) is 43.7 Å². The summed E-state index contributed by atoms with van der Waals surface area (Å²) in [4.78, 5) is 14.6. The summed E-state index contributed by atoms with van der Waals surface area (Å²) in [6, 6.07) is 5.08. The van der Waals surface area contributed by atoms with Crippen molar-refractivity contribution in [2.75, 3.05) is 16.7 Å². The van der Waals surface area contributed by atoms with Crippen molar-refractivity contribution in [1.29, 1.82) is 0 Å². The van der Waals surface area contributed by atoms with Gasteiger partial charge in [-0.3, -0.25) is 4.72 Å². The zero-order chi connectivity index (χ0) is 22.2. The monoisotopic (exact) mass is 514 g/mol. The average molecular weight is 516 g/mol. The highest BCUT2D eigenvalue weighted by Gasteiger charge is 2.30. The number of anilines is 1. The molecule has 0 radical (unpaired) electrons. The summed E-state index contributed by atoms with van der Waals surface area (Å²) in [7, 11) is -3.53. The van der Waals surface area contributed by atoms with Crippen LogP contribution in [-0.4, -0.2) is 35.4 Å². The van der Waals surface area contributed by atoms with E-state index in [1.54, 1.807) is 30.5 Å². The normalized spacial score (nSPS) is 14.1. The fraction of sp³-hybridized carbons (Fsp3) is 0.350. The average Bonchev–Trinajstić information content (AvgIpc) is 3.49. The molecule has 11 heteroatoms. The van der Waals surface area contributed by atoms with Crippen LogP contribution in [0.5, 0.6) is 0 Å². The lowest BCUT2D eigenvalue weighted by molar-refractivity contribution is 0.600. The Morgan fingerprint density at radius 3 is 2.71 bits per heavy atom. The highest BCUT2D eigenvalue weighted by Crippen LogP contribution is 2.48. The van der Waals surface area contributed by atoms with Crippen molar-refractivity contribution in [3.05, 3.63) is 39.4 Å². The highest BCUT2D eigenvalue weighted by molar-refractivity contribution is 7.98. The van der Waals surface area contributed by atoms with Gasteiger partial charge in [-0.1, -0.05) is 41.9 Å². The van der Waals surface area contributed by atoms with Gasteiger partial charge in [-0.25, -0.2) is 23.4 Å². The number of rotatable bonds is 8. The Kier molecular flexibility index (Phi) is 6.79. The molecule has 0 saturated heterocycles. The Bertz CT molecular complexity index is 1230. The molecule has 1 saturated carbocycles. The van der Waals surface area contributed by atoms with Crippen LogP contribution in [0.3, 0.4) is 0 Å². The molecule has 1 aliphatic rings. The molecule has 0 unspecified atom stereocenters. The fourth-order valence-corrected chi connectivity index (χ4v) is 6.32. The zero-order valence-electron chi connectivity index (χ0n) is 16.9. The standard InChI is InChI=1S/C20H20Cl2N4O2S3/c1-3-8-31(27,28)26-15-10-12(21)9-13(16(15)22)17-18(30-19(25-17)11-4-5-11)14-6-7-23-20(24-14)29-2/h6-7,9-11,26H,3-5,8H2,1-2H3. The number of halogens is 2. The molecule has 0 spiro atoms. The summed E-state index contributed by atoms with van der Waals surface area (Å²) >= 11 is 16.1. The van der Waals surface area contributed by atoms with Gasteiger partial charge in [0.2, 0.25) is 10.0 Å². The Morgan fingerprint density at radius 2 is 2.03 bits per heavy atom. The minimum absolute atomic E-state index is 0.00263. The van der Waals surface area contributed by atoms with E-state index in [2.05, 4.69) is 14.7 Å². The molecule has 4 rings (SSSR count). The molecule has 2 aromatic heterocycles. The lowest BCUT2D eigenvalue weighted by atomic mass is 10.1. The maximum Gasteiger partial charge on any atom is 0.232 e. The predicted octanol–water partition coefficient (Wildman–Crippen LogP) is 6.32. The van der Waals surface area contributed by atoms with E-state index in [0.717, 1.165) is 28.4 Å². The van der Waals surface area contributed by atoms with Gasteiger partial charge >= 0.3 is 0 Å². The molecule has 0 bridgehead atoms. The van der Waals surface area contributed by atoms with Crippen LogP contribution in [0.15, 0.2) is 29.6 Å². The van der Waals surface area contributed by atoms with Crippen LogP contribution in [0.25, 0.3) is 21.8 Å². The fourth-order valence-electron chi connectivity index (χ4n) is 3.09. The number of hydrogen-bond donors (Lipinski definition) is 1. The largest absolute Gasteiger partial charge is 0.282 e. The molecule has 2 heterocycles. The number of benzene rings is 1. The first-order chi connectivity index (χ1) is 14.8.